The van der Waals surface area contributed by atoms with Crippen molar-refractivity contribution in [3.05, 3.63) is 65.2 Å². The van der Waals surface area contributed by atoms with Crippen LogP contribution in [0, 0.1) is 6.92 Å². The number of ether oxygens (including phenoxy) is 1. The van der Waals surface area contributed by atoms with Gasteiger partial charge in [-0.1, -0.05) is 42.5 Å². The Morgan fingerprint density at radius 2 is 1.91 bits per heavy atom. The van der Waals surface area contributed by atoms with Crippen molar-refractivity contribution in [2.45, 2.75) is 25.9 Å². The van der Waals surface area contributed by atoms with E-state index in [4.69, 9.17) is 10.5 Å². The molecule has 4 nitrogen and oxygen atoms in total. The molecule has 1 atom stereocenters. The number of nitrogens with zero attached hydrogens (tertiary/aromatic N) is 1. The monoisotopic (exact) mass is 312 g/mol. The molecule has 0 spiro atoms. The molecule has 0 radical (unpaired) electrons. The molecule has 2 aromatic rings. The van der Waals surface area contributed by atoms with Gasteiger partial charge in [0.2, 0.25) is 5.91 Å². The zero-order valence-electron chi connectivity index (χ0n) is 14.0. The molecular weight excluding hydrogens is 288 g/mol. The number of rotatable bonds is 6. The lowest BCUT2D eigenvalue weighted by Gasteiger charge is -2.20. The molecule has 0 aliphatic rings. The van der Waals surface area contributed by atoms with E-state index in [1.807, 2.05) is 55.5 Å². The van der Waals surface area contributed by atoms with Crippen LogP contribution in [0.5, 0.6) is 5.75 Å². The van der Waals surface area contributed by atoms with Gasteiger partial charge >= 0.3 is 0 Å². The molecule has 4 heteroatoms. The number of carbonyl (C=O) groups is 1. The highest BCUT2D eigenvalue weighted by Crippen LogP contribution is 2.20. The number of methoxy groups -OCH3 is 1. The van der Waals surface area contributed by atoms with Crippen molar-refractivity contribution >= 4 is 5.91 Å². The second-order valence-electron chi connectivity index (χ2n) is 5.78. The fourth-order valence-corrected chi connectivity index (χ4v) is 2.56. The van der Waals surface area contributed by atoms with Crippen LogP contribution in [0.2, 0.25) is 0 Å². The molecule has 2 aromatic carbocycles. The Labute approximate surface area is 137 Å². The van der Waals surface area contributed by atoms with Crippen LogP contribution in [0.3, 0.4) is 0 Å². The third-order valence-electron chi connectivity index (χ3n) is 3.93. The summed E-state index contributed by atoms with van der Waals surface area (Å²) in [5, 5.41) is 0. The maximum atomic E-state index is 12.4. The summed E-state index contributed by atoms with van der Waals surface area (Å²) in [6.45, 7) is 2.56. The summed E-state index contributed by atoms with van der Waals surface area (Å²) in [6.07, 6.45) is 0.301. The summed E-state index contributed by atoms with van der Waals surface area (Å²) in [7, 11) is 3.46. The Balaban J connectivity index is 1.96. The first-order valence-electron chi connectivity index (χ1n) is 7.69. The van der Waals surface area contributed by atoms with E-state index in [1.54, 1.807) is 19.1 Å². The highest BCUT2D eigenvalue weighted by molar-refractivity contribution is 5.76. The van der Waals surface area contributed by atoms with Crippen molar-refractivity contribution in [3.8, 4) is 5.75 Å². The summed E-state index contributed by atoms with van der Waals surface area (Å²) < 4.78 is 5.26. The van der Waals surface area contributed by atoms with Gasteiger partial charge in [-0.05, 0) is 29.7 Å². The van der Waals surface area contributed by atoms with Crippen molar-refractivity contribution in [2.75, 3.05) is 14.2 Å². The number of amides is 1. The lowest BCUT2D eigenvalue weighted by molar-refractivity contribution is -0.130. The molecule has 1 unspecified atom stereocenters. The van der Waals surface area contributed by atoms with Crippen LogP contribution in [0.15, 0.2) is 48.5 Å². The number of benzene rings is 2. The Kier molecular flexibility index (Phi) is 5.77. The van der Waals surface area contributed by atoms with E-state index in [0.717, 1.165) is 22.4 Å². The minimum atomic E-state index is -0.274. The zero-order valence-corrected chi connectivity index (χ0v) is 14.0. The molecule has 0 aliphatic heterocycles. The fraction of sp³-hybridized carbons (Fsp3) is 0.316. The number of aryl methyl sites for hydroxylation is 1. The Hall–Kier alpha value is -2.33. The normalized spacial score (nSPS) is 11.8. The minimum absolute atomic E-state index is 0.0369. The first kappa shape index (κ1) is 17.0. The van der Waals surface area contributed by atoms with E-state index in [-0.39, 0.29) is 11.9 Å². The molecule has 1 amide bonds. The molecular formula is C19H24N2O2. The average Bonchev–Trinajstić information content (AvgIpc) is 2.55. The van der Waals surface area contributed by atoms with Gasteiger partial charge in [-0.2, -0.15) is 0 Å². The lowest BCUT2D eigenvalue weighted by atomic mass is 10.0. The summed E-state index contributed by atoms with van der Waals surface area (Å²) in [5.74, 6) is 0.892. The van der Waals surface area contributed by atoms with Gasteiger partial charge in [0.05, 0.1) is 7.11 Å². The Morgan fingerprint density at radius 1 is 1.22 bits per heavy atom. The van der Waals surface area contributed by atoms with E-state index in [0.29, 0.717) is 13.0 Å². The first-order valence-corrected chi connectivity index (χ1v) is 7.69. The van der Waals surface area contributed by atoms with Gasteiger partial charge in [-0.3, -0.25) is 4.79 Å². The molecule has 0 aliphatic carbocycles. The van der Waals surface area contributed by atoms with Crippen LogP contribution in [-0.4, -0.2) is 25.0 Å². The van der Waals surface area contributed by atoms with E-state index in [9.17, 15) is 4.79 Å². The summed E-state index contributed by atoms with van der Waals surface area (Å²) in [6, 6.07) is 15.4. The molecule has 23 heavy (non-hydrogen) atoms. The molecule has 0 saturated carbocycles. The third-order valence-corrected chi connectivity index (χ3v) is 3.93. The molecule has 0 aromatic heterocycles. The predicted octanol–water partition coefficient (Wildman–Crippen LogP) is 3.05. The molecule has 0 heterocycles. The van der Waals surface area contributed by atoms with Crippen molar-refractivity contribution in [3.63, 3.8) is 0 Å². The highest BCUT2D eigenvalue weighted by atomic mass is 16.5. The third kappa shape index (κ3) is 4.57. The Morgan fingerprint density at radius 3 is 2.52 bits per heavy atom. The molecule has 2 N–H and O–H groups in total. The summed E-state index contributed by atoms with van der Waals surface area (Å²) in [5.41, 5.74) is 9.24. The molecule has 0 fully saturated rings. The largest absolute Gasteiger partial charge is 0.496 e. The maximum absolute atomic E-state index is 12.4. The van der Waals surface area contributed by atoms with Crippen LogP contribution >= 0.6 is 0 Å². The second-order valence-corrected chi connectivity index (χ2v) is 5.78. The minimum Gasteiger partial charge on any atom is -0.496 e. The van der Waals surface area contributed by atoms with Gasteiger partial charge in [0.1, 0.15) is 5.75 Å². The number of nitrogens with two attached hydrogens (primary N) is 1. The van der Waals surface area contributed by atoms with Crippen molar-refractivity contribution < 1.29 is 9.53 Å². The smallest absolute Gasteiger partial charge is 0.224 e. The standard InChI is InChI=1S/C19H24N2O2/c1-14-11-15(9-10-18(14)23-3)13-21(2)19(22)12-17(20)16-7-5-4-6-8-16/h4-11,17H,12-13,20H2,1-3H3. The van der Waals surface area contributed by atoms with Crippen LogP contribution < -0.4 is 10.5 Å². The highest BCUT2D eigenvalue weighted by Gasteiger charge is 2.15. The lowest BCUT2D eigenvalue weighted by Crippen LogP contribution is -2.29. The fourth-order valence-electron chi connectivity index (χ4n) is 2.56. The van der Waals surface area contributed by atoms with Gasteiger partial charge in [0, 0.05) is 26.1 Å². The number of carbonyl (C=O) groups excluding carboxylic acids is 1. The predicted molar refractivity (Wildman–Crippen MR) is 92.2 cm³/mol. The summed E-state index contributed by atoms with van der Waals surface area (Å²) >= 11 is 0. The van der Waals surface area contributed by atoms with Gasteiger partial charge in [-0.25, -0.2) is 0 Å². The molecule has 2 rings (SSSR count). The Bertz CT molecular complexity index is 656. The van der Waals surface area contributed by atoms with Crippen molar-refractivity contribution in [1.82, 2.24) is 4.90 Å². The van der Waals surface area contributed by atoms with Gasteiger partial charge < -0.3 is 15.4 Å². The second kappa shape index (κ2) is 7.79. The van der Waals surface area contributed by atoms with Crippen molar-refractivity contribution in [1.29, 1.82) is 0 Å². The molecule has 0 saturated heterocycles. The average molecular weight is 312 g/mol. The first-order chi connectivity index (χ1) is 11.0. The van der Waals surface area contributed by atoms with E-state index < -0.39 is 0 Å². The SMILES string of the molecule is COc1ccc(CN(C)C(=O)CC(N)c2ccccc2)cc1C. The van der Waals surface area contributed by atoms with Gasteiger partial charge in [0.15, 0.2) is 0 Å². The van der Waals surface area contributed by atoms with E-state index in [1.165, 1.54) is 0 Å². The van der Waals surface area contributed by atoms with E-state index in [2.05, 4.69) is 0 Å². The van der Waals surface area contributed by atoms with Crippen LogP contribution in [0.25, 0.3) is 0 Å². The van der Waals surface area contributed by atoms with Crippen LogP contribution in [0.1, 0.15) is 29.2 Å². The molecule has 122 valence electrons. The zero-order chi connectivity index (χ0) is 16.8. The topological polar surface area (TPSA) is 55.6 Å². The molecule has 0 bridgehead atoms. The van der Waals surface area contributed by atoms with E-state index >= 15 is 0 Å². The quantitative estimate of drug-likeness (QED) is 0.892. The van der Waals surface area contributed by atoms with Crippen molar-refractivity contribution in [2.24, 2.45) is 5.73 Å². The number of hydrogen-bond donors (Lipinski definition) is 1. The van der Waals surface area contributed by atoms with Crippen LogP contribution in [-0.2, 0) is 11.3 Å². The van der Waals surface area contributed by atoms with Gasteiger partial charge in [-0.15, -0.1) is 0 Å². The number of hydrogen-bond acceptors (Lipinski definition) is 3. The maximum Gasteiger partial charge on any atom is 0.224 e. The van der Waals surface area contributed by atoms with Crippen LogP contribution in [0.4, 0.5) is 0 Å². The van der Waals surface area contributed by atoms with Gasteiger partial charge in [0.25, 0.3) is 0 Å². The summed E-state index contributed by atoms with van der Waals surface area (Å²) in [4.78, 5) is 14.1.